The molecule has 6 nitrogen and oxygen atoms in total. The van der Waals surface area contributed by atoms with Crippen LogP contribution in [0.25, 0.3) is 0 Å². The van der Waals surface area contributed by atoms with Crippen molar-refractivity contribution in [1.29, 1.82) is 0 Å². The van der Waals surface area contributed by atoms with Crippen LogP contribution in [0.4, 0.5) is 5.69 Å². The van der Waals surface area contributed by atoms with Gasteiger partial charge in [0, 0.05) is 13.0 Å². The van der Waals surface area contributed by atoms with E-state index in [0.29, 0.717) is 17.9 Å². The molecule has 1 N–H and O–H groups in total. The number of benzene rings is 2. The topological polar surface area (TPSA) is 75.7 Å². The highest BCUT2D eigenvalue weighted by Crippen LogP contribution is 2.29. The van der Waals surface area contributed by atoms with Crippen LogP contribution in [0, 0.1) is 13.8 Å². The zero-order valence-corrected chi connectivity index (χ0v) is 18.5. The van der Waals surface area contributed by atoms with E-state index >= 15 is 0 Å². The molecule has 0 saturated carbocycles. The second kappa shape index (κ2) is 9.78. The number of rotatable bonds is 9. The van der Waals surface area contributed by atoms with Gasteiger partial charge in [-0.15, -0.1) is 0 Å². The molecule has 1 unspecified atom stereocenters. The highest BCUT2D eigenvalue weighted by Gasteiger charge is 2.21. The average Bonchev–Trinajstić information content (AvgIpc) is 2.66. The molecular formula is C22H30N2O4S. The molecule has 0 heterocycles. The molecule has 0 aliphatic rings. The van der Waals surface area contributed by atoms with Gasteiger partial charge in [-0.2, -0.15) is 0 Å². The predicted molar refractivity (Wildman–Crippen MR) is 117 cm³/mol. The highest BCUT2D eigenvalue weighted by atomic mass is 32.2. The molecule has 0 aliphatic carbocycles. The normalized spacial score (nSPS) is 12.3. The number of carbonyl (C=O) groups is 1. The van der Waals surface area contributed by atoms with Crippen molar-refractivity contribution in [2.24, 2.45) is 0 Å². The zero-order valence-electron chi connectivity index (χ0n) is 17.7. The van der Waals surface area contributed by atoms with E-state index in [1.807, 2.05) is 32.9 Å². The lowest BCUT2D eigenvalue weighted by atomic mass is 10.00. The minimum atomic E-state index is -3.50. The lowest BCUT2D eigenvalue weighted by Crippen LogP contribution is -2.33. The van der Waals surface area contributed by atoms with Gasteiger partial charge in [0.15, 0.2) is 0 Å². The van der Waals surface area contributed by atoms with Gasteiger partial charge in [0.2, 0.25) is 15.9 Å². The molecule has 0 saturated heterocycles. The van der Waals surface area contributed by atoms with Crippen LogP contribution in [0.3, 0.4) is 0 Å². The number of hydrogen-bond donors (Lipinski definition) is 1. The quantitative estimate of drug-likeness (QED) is 0.673. The van der Waals surface area contributed by atoms with Crippen molar-refractivity contribution in [3.8, 4) is 5.75 Å². The van der Waals surface area contributed by atoms with Crippen LogP contribution in [-0.2, 0) is 14.8 Å². The number of carbonyl (C=O) groups excluding carboxylic acids is 1. The van der Waals surface area contributed by atoms with E-state index in [1.165, 1.54) is 11.4 Å². The van der Waals surface area contributed by atoms with Gasteiger partial charge in [0.25, 0.3) is 0 Å². The van der Waals surface area contributed by atoms with E-state index < -0.39 is 10.0 Å². The van der Waals surface area contributed by atoms with Crippen LogP contribution in [0.15, 0.2) is 42.5 Å². The van der Waals surface area contributed by atoms with E-state index in [4.69, 9.17) is 4.74 Å². The van der Waals surface area contributed by atoms with Crippen LogP contribution in [0.1, 0.15) is 42.5 Å². The summed E-state index contributed by atoms with van der Waals surface area (Å²) in [6.45, 7) is 6.20. The average molecular weight is 419 g/mol. The fourth-order valence-corrected chi connectivity index (χ4v) is 4.27. The third-order valence-electron chi connectivity index (χ3n) is 4.80. The molecule has 7 heteroatoms. The first-order valence-corrected chi connectivity index (χ1v) is 11.5. The summed E-state index contributed by atoms with van der Waals surface area (Å²) >= 11 is 0. The smallest absolute Gasteiger partial charge is 0.232 e. The van der Waals surface area contributed by atoms with E-state index in [1.54, 1.807) is 24.3 Å². The number of methoxy groups -OCH3 is 1. The maximum Gasteiger partial charge on any atom is 0.232 e. The Hall–Kier alpha value is -2.54. The Morgan fingerprint density at radius 3 is 2.52 bits per heavy atom. The first kappa shape index (κ1) is 22.7. The number of para-hydroxylation sites is 2. The lowest BCUT2D eigenvalue weighted by molar-refractivity contribution is -0.121. The molecule has 1 amide bonds. The molecule has 0 aliphatic heterocycles. The molecule has 2 rings (SSSR count). The summed E-state index contributed by atoms with van der Waals surface area (Å²) in [6.07, 6.45) is 1.79. The van der Waals surface area contributed by atoms with Crippen molar-refractivity contribution < 1.29 is 17.9 Å². The first-order valence-electron chi connectivity index (χ1n) is 9.60. The highest BCUT2D eigenvalue weighted by molar-refractivity contribution is 7.92. The van der Waals surface area contributed by atoms with Gasteiger partial charge in [0.1, 0.15) is 5.75 Å². The minimum Gasteiger partial charge on any atom is -0.495 e. The van der Waals surface area contributed by atoms with Gasteiger partial charge in [-0.25, -0.2) is 8.42 Å². The Kier molecular flexibility index (Phi) is 7.67. The van der Waals surface area contributed by atoms with Crippen molar-refractivity contribution in [3.63, 3.8) is 0 Å². The van der Waals surface area contributed by atoms with Crippen LogP contribution in [0.2, 0.25) is 0 Å². The van der Waals surface area contributed by atoms with E-state index in [0.717, 1.165) is 22.9 Å². The van der Waals surface area contributed by atoms with Crippen LogP contribution < -0.4 is 14.4 Å². The van der Waals surface area contributed by atoms with Crippen molar-refractivity contribution in [2.75, 3.05) is 24.2 Å². The molecule has 1 atom stereocenters. The molecule has 0 radical (unpaired) electrons. The number of nitrogens with zero attached hydrogens (tertiary/aromatic N) is 1. The monoisotopic (exact) mass is 418 g/mol. The third-order valence-corrected chi connectivity index (χ3v) is 5.98. The SMILES string of the molecule is COc1ccccc1N(CCCC(=O)NC(C)c1cc(C)ccc1C)S(C)(=O)=O. The number of aryl methyl sites for hydroxylation is 2. The summed E-state index contributed by atoms with van der Waals surface area (Å²) in [6, 6.07) is 13.0. The Morgan fingerprint density at radius 1 is 1.17 bits per heavy atom. The largest absolute Gasteiger partial charge is 0.495 e. The fraction of sp³-hybridized carbons (Fsp3) is 0.409. The number of hydrogen-bond acceptors (Lipinski definition) is 4. The molecule has 29 heavy (non-hydrogen) atoms. The van der Waals surface area contributed by atoms with Crippen LogP contribution in [0.5, 0.6) is 5.75 Å². The summed E-state index contributed by atoms with van der Waals surface area (Å²) in [5.41, 5.74) is 3.84. The number of amides is 1. The number of nitrogens with one attached hydrogen (secondary N) is 1. The van der Waals surface area contributed by atoms with Crippen molar-refractivity contribution >= 4 is 21.6 Å². The minimum absolute atomic E-state index is 0.105. The lowest BCUT2D eigenvalue weighted by Gasteiger charge is -2.24. The Balaban J connectivity index is 2.00. The van der Waals surface area contributed by atoms with Crippen molar-refractivity contribution in [1.82, 2.24) is 5.32 Å². The number of sulfonamides is 1. The standard InChI is InChI=1S/C22H30N2O4S/c1-16-12-13-17(2)19(15-16)18(3)23-22(25)11-8-14-24(29(5,26)27)20-9-6-7-10-21(20)28-4/h6-7,9-10,12-13,15,18H,8,11,14H2,1-5H3,(H,23,25). The molecule has 0 bridgehead atoms. The van der Waals surface area contributed by atoms with Crippen molar-refractivity contribution in [3.05, 3.63) is 59.2 Å². The second-order valence-corrected chi connectivity index (χ2v) is 9.17. The maximum atomic E-state index is 12.4. The molecule has 0 fully saturated rings. The van der Waals surface area contributed by atoms with Crippen LogP contribution >= 0.6 is 0 Å². The first-order chi connectivity index (χ1) is 13.6. The maximum absolute atomic E-state index is 12.4. The van der Waals surface area contributed by atoms with Gasteiger partial charge in [-0.05, 0) is 50.5 Å². The molecular weight excluding hydrogens is 388 g/mol. The number of anilines is 1. The molecule has 158 valence electrons. The molecule has 0 spiro atoms. The third kappa shape index (κ3) is 6.22. The van der Waals surface area contributed by atoms with Gasteiger partial charge < -0.3 is 10.1 Å². The number of ether oxygens (including phenoxy) is 1. The zero-order chi connectivity index (χ0) is 21.6. The predicted octanol–water partition coefficient (Wildman–Crippen LogP) is 3.74. The molecule has 2 aromatic rings. The van der Waals surface area contributed by atoms with E-state index in [9.17, 15) is 13.2 Å². The summed E-state index contributed by atoms with van der Waals surface area (Å²) in [4.78, 5) is 12.4. The van der Waals surface area contributed by atoms with Crippen LogP contribution in [-0.4, -0.2) is 34.2 Å². The summed E-state index contributed by atoms with van der Waals surface area (Å²) < 4.78 is 31.1. The van der Waals surface area contributed by atoms with Gasteiger partial charge >= 0.3 is 0 Å². The summed E-state index contributed by atoms with van der Waals surface area (Å²) in [7, 11) is -2.00. The van der Waals surface area contributed by atoms with Gasteiger partial charge in [-0.1, -0.05) is 35.9 Å². The van der Waals surface area contributed by atoms with Crippen molar-refractivity contribution in [2.45, 2.75) is 39.7 Å². The Bertz CT molecular complexity index is 957. The molecule has 2 aromatic carbocycles. The Morgan fingerprint density at radius 2 is 1.86 bits per heavy atom. The second-order valence-electron chi connectivity index (χ2n) is 7.26. The Labute approximate surface area is 173 Å². The fourth-order valence-electron chi connectivity index (χ4n) is 3.30. The van der Waals surface area contributed by atoms with E-state index in [2.05, 4.69) is 11.4 Å². The molecule has 0 aromatic heterocycles. The van der Waals surface area contributed by atoms with Gasteiger partial charge in [-0.3, -0.25) is 9.10 Å². The summed E-state index contributed by atoms with van der Waals surface area (Å²) in [5.74, 6) is 0.373. The van der Waals surface area contributed by atoms with E-state index in [-0.39, 0.29) is 24.9 Å². The summed E-state index contributed by atoms with van der Waals surface area (Å²) in [5, 5.41) is 3.01. The van der Waals surface area contributed by atoms with Gasteiger partial charge in [0.05, 0.1) is 25.1 Å².